The third-order valence-electron chi connectivity index (χ3n) is 2.44. The minimum atomic E-state index is -4.48. The third-order valence-corrected chi connectivity index (χ3v) is 2.44. The minimum absolute atomic E-state index is 0.0401. The number of ether oxygens (including phenoxy) is 2. The summed E-state index contributed by atoms with van der Waals surface area (Å²) in [6.45, 7) is 0.0401. The Kier molecular flexibility index (Phi) is 4.19. The second kappa shape index (κ2) is 5.87. The van der Waals surface area contributed by atoms with E-state index in [1.54, 1.807) is 0 Å². The van der Waals surface area contributed by atoms with Gasteiger partial charge in [-0.15, -0.1) is 0 Å². The van der Waals surface area contributed by atoms with Crippen LogP contribution in [0.5, 0.6) is 5.75 Å². The van der Waals surface area contributed by atoms with Crippen molar-refractivity contribution in [2.24, 2.45) is 0 Å². The molecule has 0 saturated heterocycles. The number of pyridine rings is 2. The van der Waals surface area contributed by atoms with Gasteiger partial charge < -0.3 is 9.47 Å². The van der Waals surface area contributed by atoms with Gasteiger partial charge in [-0.1, -0.05) is 0 Å². The van der Waals surface area contributed by atoms with Crippen molar-refractivity contribution < 1.29 is 22.6 Å². The van der Waals surface area contributed by atoms with Gasteiger partial charge in [-0.2, -0.15) is 13.2 Å². The Morgan fingerprint density at radius 2 is 1.95 bits per heavy atom. The number of halogens is 3. The highest BCUT2D eigenvalue weighted by Crippen LogP contribution is 2.35. The molecule has 0 fully saturated rings. The summed E-state index contributed by atoms with van der Waals surface area (Å²) in [5.41, 5.74) is -0.904. The topological polar surface area (TPSA) is 44.2 Å². The molecule has 0 bridgehead atoms. The molecule has 2 aromatic rings. The van der Waals surface area contributed by atoms with Gasteiger partial charge in [0.1, 0.15) is 11.4 Å². The van der Waals surface area contributed by atoms with Crippen LogP contribution in [0, 0.1) is 0 Å². The van der Waals surface area contributed by atoms with E-state index in [0.29, 0.717) is 5.75 Å². The van der Waals surface area contributed by atoms with Crippen LogP contribution in [0.25, 0.3) is 11.4 Å². The van der Waals surface area contributed by atoms with Crippen molar-refractivity contribution >= 4 is 0 Å². The fourth-order valence-corrected chi connectivity index (χ4v) is 1.57. The van der Waals surface area contributed by atoms with Crippen LogP contribution in [0.15, 0.2) is 36.7 Å². The van der Waals surface area contributed by atoms with Crippen molar-refractivity contribution in [1.82, 2.24) is 9.97 Å². The highest BCUT2D eigenvalue weighted by atomic mass is 19.4. The molecule has 7 heteroatoms. The summed E-state index contributed by atoms with van der Waals surface area (Å²) < 4.78 is 48.4. The van der Waals surface area contributed by atoms with Gasteiger partial charge in [0.15, 0.2) is 6.79 Å². The predicted molar refractivity (Wildman–Crippen MR) is 65.0 cm³/mol. The molecule has 4 nitrogen and oxygen atoms in total. The summed E-state index contributed by atoms with van der Waals surface area (Å²) in [6, 6.07) is 5.14. The van der Waals surface area contributed by atoms with Gasteiger partial charge in [-0.05, 0) is 24.3 Å². The molecule has 0 atom stereocenters. The van der Waals surface area contributed by atoms with Crippen molar-refractivity contribution in [3.05, 3.63) is 42.2 Å². The highest BCUT2D eigenvalue weighted by molar-refractivity contribution is 5.59. The molecule has 0 spiro atoms. The van der Waals surface area contributed by atoms with E-state index >= 15 is 0 Å². The molecule has 20 heavy (non-hydrogen) atoms. The van der Waals surface area contributed by atoms with E-state index < -0.39 is 11.7 Å². The van der Waals surface area contributed by atoms with Gasteiger partial charge in [0.05, 0.1) is 17.5 Å². The van der Waals surface area contributed by atoms with Crippen molar-refractivity contribution in [2.75, 3.05) is 13.9 Å². The lowest BCUT2D eigenvalue weighted by Gasteiger charge is -2.11. The number of aromatic nitrogens is 2. The summed E-state index contributed by atoms with van der Waals surface area (Å²) in [6.07, 6.45) is -1.86. The van der Waals surface area contributed by atoms with Gasteiger partial charge in [-0.3, -0.25) is 9.97 Å². The average molecular weight is 284 g/mol. The Morgan fingerprint density at radius 1 is 1.15 bits per heavy atom. The van der Waals surface area contributed by atoms with E-state index in [1.807, 2.05) is 0 Å². The van der Waals surface area contributed by atoms with Gasteiger partial charge in [0.25, 0.3) is 0 Å². The molecule has 0 radical (unpaired) electrons. The Bertz CT molecular complexity index is 571. The monoisotopic (exact) mass is 284 g/mol. The zero-order chi connectivity index (χ0) is 14.6. The molecule has 0 N–H and O–H groups in total. The van der Waals surface area contributed by atoms with Crippen LogP contribution in [0.4, 0.5) is 13.2 Å². The van der Waals surface area contributed by atoms with E-state index in [0.717, 1.165) is 6.07 Å². The molecular weight excluding hydrogens is 273 g/mol. The zero-order valence-corrected chi connectivity index (χ0v) is 10.5. The van der Waals surface area contributed by atoms with Crippen molar-refractivity contribution in [3.8, 4) is 17.1 Å². The first kappa shape index (κ1) is 14.3. The Balaban J connectivity index is 2.33. The number of alkyl halides is 3. The maximum atomic E-state index is 12.9. The molecule has 0 saturated carbocycles. The zero-order valence-electron chi connectivity index (χ0n) is 10.5. The van der Waals surface area contributed by atoms with Crippen LogP contribution >= 0.6 is 0 Å². The molecule has 2 rings (SSSR count). The van der Waals surface area contributed by atoms with Crippen LogP contribution in [0.2, 0.25) is 0 Å². The SMILES string of the molecule is COCOc1ccc(-c2ncccc2C(F)(F)F)nc1. The van der Waals surface area contributed by atoms with Crippen LogP contribution in [0.3, 0.4) is 0 Å². The van der Waals surface area contributed by atoms with Gasteiger partial charge in [0, 0.05) is 13.3 Å². The molecule has 0 aliphatic rings. The number of nitrogens with zero attached hydrogens (tertiary/aromatic N) is 2. The van der Waals surface area contributed by atoms with Crippen LogP contribution < -0.4 is 4.74 Å². The number of hydrogen-bond acceptors (Lipinski definition) is 4. The maximum absolute atomic E-state index is 12.9. The molecule has 0 aliphatic heterocycles. The van der Waals surface area contributed by atoms with Crippen molar-refractivity contribution in [3.63, 3.8) is 0 Å². The third kappa shape index (κ3) is 3.24. The fourth-order valence-electron chi connectivity index (χ4n) is 1.57. The van der Waals surface area contributed by atoms with Gasteiger partial charge in [0.2, 0.25) is 0 Å². The quantitative estimate of drug-likeness (QED) is 0.809. The smallest absolute Gasteiger partial charge is 0.418 e. The lowest BCUT2D eigenvalue weighted by molar-refractivity contribution is -0.137. The second-order valence-corrected chi connectivity index (χ2v) is 3.83. The van der Waals surface area contributed by atoms with Crippen molar-refractivity contribution in [2.45, 2.75) is 6.18 Å². The van der Waals surface area contributed by atoms with E-state index in [1.165, 1.54) is 37.7 Å². The normalized spacial score (nSPS) is 11.4. The fraction of sp³-hybridized carbons (Fsp3) is 0.231. The number of hydrogen-bond donors (Lipinski definition) is 0. The van der Waals surface area contributed by atoms with E-state index in [2.05, 4.69) is 9.97 Å². The summed E-state index contributed by atoms with van der Waals surface area (Å²) in [5.74, 6) is 0.403. The van der Waals surface area contributed by atoms with Crippen molar-refractivity contribution in [1.29, 1.82) is 0 Å². The first-order valence-corrected chi connectivity index (χ1v) is 5.62. The summed E-state index contributed by atoms with van der Waals surface area (Å²) >= 11 is 0. The van der Waals surface area contributed by atoms with Gasteiger partial charge in [-0.25, -0.2) is 0 Å². The first-order valence-electron chi connectivity index (χ1n) is 5.62. The Labute approximate surface area is 113 Å². The first-order chi connectivity index (χ1) is 9.52. The summed E-state index contributed by atoms with van der Waals surface area (Å²) in [4.78, 5) is 7.69. The standard InChI is InChI=1S/C13H11F3N2O2/c1-19-8-20-9-4-5-11(18-7-9)12-10(13(14,15)16)3-2-6-17-12/h2-7H,8H2,1H3. The van der Waals surface area contributed by atoms with E-state index in [-0.39, 0.29) is 18.2 Å². The van der Waals surface area contributed by atoms with E-state index in [4.69, 9.17) is 9.47 Å². The Morgan fingerprint density at radius 3 is 2.55 bits per heavy atom. The lowest BCUT2D eigenvalue weighted by Crippen LogP contribution is -2.08. The number of methoxy groups -OCH3 is 1. The molecule has 2 heterocycles. The highest BCUT2D eigenvalue weighted by Gasteiger charge is 2.34. The molecular formula is C13H11F3N2O2. The lowest BCUT2D eigenvalue weighted by atomic mass is 10.1. The van der Waals surface area contributed by atoms with Crippen LogP contribution in [-0.2, 0) is 10.9 Å². The molecule has 0 aliphatic carbocycles. The maximum Gasteiger partial charge on any atom is 0.418 e. The number of rotatable bonds is 4. The summed E-state index contributed by atoms with van der Waals surface area (Å²) in [7, 11) is 1.46. The average Bonchev–Trinajstić information content (AvgIpc) is 2.45. The van der Waals surface area contributed by atoms with Crippen LogP contribution in [0.1, 0.15) is 5.56 Å². The minimum Gasteiger partial charge on any atom is -0.466 e. The predicted octanol–water partition coefficient (Wildman–Crippen LogP) is 3.15. The van der Waals surface area contributed by atoms with E-state index in [9.17, 15) is 13.2 Å². The molecule has 106 valence electrons. The Hall–Kier alpha value is -2.15. The molecule has 0 aromatic carbocycles. The molecule has 2 aromatic heterocycles. The molecule has 0 amide bonds. The largest absolute Gasteiger partial charge is 0.466 e. The summed E-state index contributed by atoms with van der Waals surface area (Å²) in [5, 5.41) is 0. The second-order valence-electron chi connectivity index (χ2n) is 3.83. The van der Waals surface area contributed by atoms with Crippen LogP contribution in [-0.4, -0.2) is 23.9 Å². The molecule has 0 unspecified atom stereocenters. The van der Waals surface area contributed by atoms with Gasteiger partial charge >= 0.3 is 6.18 Å².